The molecule has 0 fully saturated rings. The minimum atomic E-state index is -0.0738. The maximum Gasteiger partial charge on any atom is 0.251 e. The summed E-state index contributed by atoms with van der Waals surface area (Å²) in [6, 6.07) is 28.1. The molecule has 1 unspecified atom stereocenters. The van der Waals surface area contributed by atoms with E-state index >= 15 is 0 Å². The van der Waals surface area contributed by atoms with Crippen LogP contribution in [0.15, 0.2) is 97.3 Å². The van der Waals surface area contributed by atoms with E-state index in [-0.39, 0.29) is 11.9 Å². The lowest BCUT2D eigenvalue weighted by atomic mass is 10.0. The van der Waals surface area contributed by atoms with Gasteiger partial charge >= 0.3 is 0 Å². The third-order valence-electron chi connectivity index (χ3n) is 4.99. The highest BCUT2D eigenvalue weighted by molar-refractivity contribution is 5.94. The van der Waals surface area contributed by atoms with E-state index < -0.39 is 0 Å². The molecular weight excluding hydrogens is 358 g/mol. The molecule has 1 N–H and O–H groups in total. The average Bonchev–Trinajstić information content (AvgIpc) is 3.28. The molecule has 4 rings (SSSR count). The zero-order valence-electron chi connectivity index (χ0n) is 16.3. The van der Waals surface area contributed by atoms with Gasteiger partial charge in [-0.15, -0.1) is 0 Å². The Morgan fingerprint density at radius 2 is 1.59 bits per heavy atom. The average molecular weight is 381 g/mol. The van der Waals surface area contributed by atoms with Crippen molar-refractivity contribution in [2.45, 2.75) is 19.5 Å². The molecule has 1 amide bonds. The molecule has 0 radical (unpaired) electrons. The van der Waals surface area contributed by atoms with Gasteiger partial charge in [0.2, 0.25) is 0 Å². The molecule has 0 aliphatic rings. The highest BCUT2D eigenvalue weighted by atomic mass is 16.1. The third kappa shape index (κ3) is 4.61. The lowest BCUT2D eigenvalue weighted by Gasteiger charge is -2.15. The number of carbonyl (C=O) groups excluding carboxylic acids is 1. The van der Waals surface area contributed by atoms with Crippen LogP contribution in [0.25, 0.3) is 11.1 Å². The van der Waals surface area contributed by atoms with Gasteiger partial charge in [0.1, 0.15) is 0 Å². The molecule has 0 saturated carbocycles. The number of benzene rings is 3. The topological polar surface area (TPSA) is 46.9 Å². The van der Waals surface area contributed by atoms with E-state index in [4.69, 9.17) is 0 Å². The Labute approximate surface area is 170 Å². The molecule has 0 aliphatic carbocycles. The lowest BCUT2D eigenvalue weighted by molar-refractivity contribution is 0.0940. The standard InChI is InChI=1S/C25H23N3O/c1-19(21-12-14-23(15-13-21)22-6-3-2-4-7-22)27-25(29)24-10-8-20(9-11-24)18-28-17-5-16-26-28/h2-17,19H,18H2,1H3,(H,27,29). The Kier molecular flexibility index (Phi) is 5.52. The molecule has 0 saturated heterocycles. The van der Waals surface area contributed by atoms with Crippen LogP contribution in [0, 0.1) is 0 Å². The molecule has 0 aliphatic heterocycles. The predicted octanol–water partition coefficient (Wildman–Crippen LogP) is 5.09. The van der Waals surface area contributed by atoms with Crippen LogP contribution in [0.1, 0.15) is 34.5 Å². The molecule has 0 bridgehead atoms. The van der Waals surface area contributed by atoms with Crippen molar-refractivity contribution >= 4 is 5.91 Å². The SMILES string of the molecule is CC(NC(=O)c1ccc(Cn2cccn2)cc1)c1ccc(-c2ccccc2)cc1. The highest BCUT2D eigenvalue weighted by Crippen LogP contribution is 2.22. The van der Waals surface area contributed by atoms with Crippen molar-refractivity contribution in [1.82, 2.24) is 15.1 Å². The van der Waals surface area contributed by atoms with Gasteiger partial charge in [-0.2, -0.15) is 5.10 Å². The molecule has 4 nitrogen and oxygen atoms in total. The monoisotopic (exact) mass is 381 g/mol. The first-order valence-electron chi connectivity index (χ1n) is 9.72. The highest BCUT2D eigenvalue weighted by Gasteiger charge is 2.12. The van der Waals surface area contributed by atoms with E-state index in [1.54, 1.807) is 6.20 Å². The van der Waals surface area contributed by atoms with Gasteiger partial charge in [0.05, 0.1) is 12.6 Å². The largest absolute Gasteiger partial charge is 0.346 e. The van der Waals surface area contributed by atoms with Crippen molar-refractivity contribution in [1.29, 1.82) is 0 Å². The Morgan fingerprint density at radius 1 is 0.897 bits per heavy atom. The number of rotatable bonds is 6. The zero-order chi connectivity index (χ0) is 20.1. The first-order valence-corrected chi connectivity index (χ1v) is 9.72. The normalized spacial score (nSPS) is 11.8. The number of aromatic nitrogens is 2. The summed E-state index contributed by atoms with van der Waals surface area (Å²) in [5.41, 5.74) is 5.19. The number of amides is 1. The van der Waals surface area contributed by atoms with Crippen LogP contribution in [0.5, 0.6) is 0 Å². The van der Waals surface area contributed by atoms with Gasteiger partial charge in [0.15, 0.2) is 0 Å². The van der Waals surface area contributed by atoms with Crippen molar-refractivity contribution in [3.8, 4) is 11.1 Å². The van der Waals surface area contributed by atoms with E-state index in [0.717, 1.165) is 11.1 Å². The van der Waals surface area contributed by atoms with Gasteiger partial charge in [-0.05, 0) is 47.4 Å². The van der Waals surface area contributed by atoms with Crippen LogP contribution in [-0.4, -0.2) is 15.7 Å². The summed E-state index contributed by atoms with van der Waals surface area (Å²) in [6.07, 6.45) is 3.68. The van der Waals surface area contributed by atoms with E-state index in [2.05, 4.69) is 46.8 Å². The van der Waals surface area contributed by atoms with Gasteiger partial charge in [-0.25, -0.2) is 0 Å². The molecule has 144 valence electrons. The maximum absolute atomic E-state index is 12.6. The van der Waals surface area contributed by atoms with E-state index in [1.165, 1.54) is 11.1 Å². The molecule has 4 aromatic rings. The molecule has 1 heterocycles. The van der Waals surface area contributed by atoms with Crippen LogP contribution in [0.4, 0.5) is 0 Å². The summed E-state index contributed by atoms with van der Waals surface area (Å²) in [5, 5.41) is 7.29. The lowest BCUT2D eigenvalue weighted by Crippen LogP contribution is -2.26. The summed E-state index contributed by atoms with van der Waals surface area (Å²) in [7, 11) is 0. The molecule has 3 aromatic carbocycles. The van der Waals surface area contributed by atoms with Crippen molar-refractivity contribution in [2.75, 3.05) is 0 Å². The third-order valence-corrected chi connectivity index (χ3v) is 4.99. The van der Waals surface area contributed by atoms with Crippen molar-refractivity contribution in [3.63, 3.8) is 0 Å². The number of nitrogens with one attached hydrogen (secondary N) is 1. The van der Waals surface area contributed by atoms with E-state index in [0.29, 0.717) is 12.1 Å². The summed E-state index contributed by atoms with van der Waals surface area (Å²) in [5.74, 6) is -0.0738. The first-order chi connectivity index (χ1) is 14.2. The van der Waals surface area contributed by atoms with Gasteiger partial charge in [0, 0.05) is 18.0 Å². The number of nitrogens with zero attached hydrogens (tertiary/aromatic N) is 2. The first kappa shape index (κ1) is 18.7. The Hall–Kier alpha value is -3.66. The number of hydrogen-bond donors (Lipinski definition) is 1. The minimum Gasteiger partial charge on any atom is -0.346 e. The fraction of sp³-hybridized carbons (Fsp3) is 0.120. The van der Waals surface area contributed by atoms with Gasteiger partial charge < -0.3 is 5.32 Å². The van der Waals surface area contributed by atoms with Gasteiger partial charge in [0.25, 0.3) is 5.91 Å². The molecular formula is C25H23N3O. The maximum atomic E-state index is 12.6. The van der Waals surface area contributed by atoms with Crippen LogP contribution in [0.2, 0.25) is 0 Å². The van der Waals surface area contributed by atoms with Crippen LogP contribution >= 0.6 is 0 Å². The summed E-state index contributed by atoms with van der Waals surface area (Å²) in [4.78, 5) is 12.6. The Bertz CT molecular complexity index is 1050. The number of carbonyl (C=O) groups is 1. The second kappa shape index (κ2) is 8.57. The van der Waals surface area contributed by atoms with E-state index in [1.807, 2.05) is 66.3 Å². The molecule has 29 heavy (non-hydrogen) atoms. The van der Waals surface area contributed by atoms with Crippen molar-refractivity contribution < 1.29 is 4.79 Å². The van der Waals surface area contributed by atoms with Crippen molar-refractivity contribution in [2.24, 2.45) is 0 Å². The van der Waals surface area contributed by atoms with Gasteiger partial charge in [-0.1, -0.05) is 66.7 Å². The van der Waals surface area contributed by atoms with Crippen LogP contribution in [0.3, 0.4) is 0 Å². The fourth-order valence-corrected chi connectivity index (χ4v) is 3.30. The van der Waals surface area contributed by atoms with Crippen LogP contribution < -0.4 is 5.32 Å². The van der Waals surface area contributed by atoms with E-state index in [9.17, 15) is 4.79 Å². The molecule has 4 heteroatoms. The Balaban J connectivity index is 1.38. The summed E-state index contributed by atoms with van der Waals surface area (Å²) < 4.78 is 1.86. The quantitative estimate of drug-likeness (QED) is 0.506. The van der Waals surface area contributed by atoms with Gasteiger partial charge in [-0.3, -0.25) is 9.48 Å². The van der Waals surface area contributed by atoms with Crippen LogP contribution in [-0.2, 0) is 6.54 Å². The minimum absolute atomic E-state index is 0.0731. The fourth-order valence-electron chi connectivity index (χ4n) is 3.30. The second-order valence-corrected chi connectivity index (χ2v) is 7.08. The second-order valence-electron chi connectivity index (χ2n) is 7.08. The summed E-state index contributed by atoms with van der Waals surface area (Å²) >= 11 is 0. The zero-order valence-corrected chi connectivity index (χ0v) is 16.3. The molecule has 1 aromatic heterocycles. The smallest absolute Gasteiger partial charge is 0.251 e. The predicted molar refractivity (Wildman–Crippen MR) is 116 cm³/mol. The molecule has 1 atom stereocenters. The summed E-state index contributed by atoms with van der Waals surface area (Å²) in [6.45, 7) is 2.70. The number of hydrogen-bond acceptors (Lipinski definition) is 2. The van der Waals surface area contributed by atoms with Crippen molar-refractivity contribution in [3.05, 3.63) is 114 Å². The Morgan fingerprint density at radius 3 is 2.24 bits per heavy atom. The molecule has 0 spiro atoms.